The Labute approximate surface area is 280 Å². The third-order valence-corrected chi connectivity index (χ3v) is 9.86. The molecule has 0 spiro atoms. The van der Waals surface area contributed by atoms with E-state index in [9.17, 15) is 10.5 Å². The molecule has 3 heterocycles. The molecule has 49 heavy (non-hydrogen) atoms. The minimum atomic E-state index is 0.568. The number of rotatable bonds is 3. The second kappa shape index (κ2) is 10.2. The van der Waals surface area contributed by atoms with Crippen LogP contribution in [0.4, 0.5) is 0 Å². The van der Waals surface area contributed by atoms with E-state index in [1.54, 1.807) is 0 Å². The number of para-hydroxylation sites is 4. The molecule has 0 saturated heterocycles. The molecule has 226 valence electrons. The van der Waals surface area contributed by atoms with Gasteiger partial charge in [0.25, 0.3) is 0 Å². The normalized spacial score (nSPS) is 11.6. The maximum atomic E-state index is 10.4. The van der Waals surface area contributed by atoms with Gasteiger partial charge >= 0.3 is 0 Å². The van der Waals surface area contributed by atoms with Crippen LogP contribution in [-0.4, -0.2) is 13.7 Å². The van der Waals surface area contributed by atoms with Gasteiger partial charge in [-0.15, -0.1) is 0 Å². The van der Waals surface area contributed by atoms with Crippen LogP contribution in [0.1, 0.15) is 11.1 Å². The van der Waals surface area contributed by atoms with Gasteiger partial charge in [0.15, 0.2) is 0 Å². The monoisotopic (exact) mass is 623 g/mol. The molecule has 0 fully saturated rings. The number of hydrogen-bond donors (Lipinski definition) is 0. The zero-order valence-electron chi connectivity index (χ0n) is 26.2. The van der Waals surface area contributed by atoms with Crippen molar-refractivity contribution in [2.24, 2.45) is 0 Å². The number of fused-ring (bicyclic) bond motifs is 11. The number of benzene rings is 7. The van der Waals surface area contributed by atoms with Crippen molar-refractivity contribution in [3.8, 4) is 29.2 Å². The predicted molar refractivity (Wildman–Crippen MR) is 199 cm³/mol. The summed E-state index contributed by atoms with van der Waals surface area (Å²) in [6, 6.07) is 57.0. The third-order valence-electron chi connectivity index (χ3n) is 9.86. The van der Waals surface area contributed by atoms with Gasteiger partial charge in [-0.05, 0) is 66.7 Å². The van der Waals surface area contributed by atoms with Gasteiger partial charge in [-0.25, -0.2) is 0 Å². The summed E-state index contributed by atoms with van der Waals surface area (Å²) in [4.78, 5) is 0. The molecule has 0 saturated carbocycles. The first-order valence-electron chi connectivity index (χ1n) is 16.2. The fourth-order valence-electron chi connectivity index (χ4n) is 7.96. The van der Waals surface area contributed by atoms with Gasteiger partial charge in [0.05, 0.1) is 50.3 Å². The first kappa shape index (κ1) is 27.1. The van der Waals surface area contributed by atoms with Crippen LogP contribution in [0.5, 0.6) is 0 Å². The summed E-state index contributed by atoms with van der Waals surface area (Å²) in [7, 11) is 0. The summed E-state index contributed by atoms with van der Waals surface area (Å²) >= 11 is 0. The Morgan fingerprint density at radius 3 is 1.63 bits per heavy atom. The summed E-state index contributed by atoms with van der Waals surface area (Å²) in [6.07, 6.45) is 0. The quantitative estimate of drug-likeness (QED) is 0.197. The second-order valence-corrected chi connectivity index (χ2v) is 12.4. The van der Waals surface area contributed by atoms with Crippen LogP contribution in [0, 0.1) is 22.7 Å². The van der Waals surface area contributed by atoms with E-state index < -0.39 is 0 Å². The van der Waals surface area contributed by atoms with Crippen LogP contribution in [0.15, 0.2) is 152 Å². The molecule has 0 unspecified atom stereocenters. The largest absolute Gasteiger partial charge is 0.309 e. The molecule has 0 aliphatic heterocycles. The fraction of sp³-hybridized carbons (Fsp3) is 0. The van der Waals surface area contributed by atoms with Gasteiger partial charge in [-0.3, -0.25) is 0 Å². The Morgan fingerprint density at radius 1 is 0.367 bits per heavy atom. The molecule has 5 nitrogen and oxygen atoms in total. The van der Waals surface area contributed by atoms with Gasteiger partial charge in [0.2, 0.25) is 0 Å². The van der Waals surface area contributed by atoms with Crippen LogP contribution in [0.3, 0.4) is 0 Å². The number of nitrogens with zero attached hydrogens (tertiary/aromatic N) is 5. The average Bonchev–Trinajstić information content (AvgIpc) is 3.81. The lowest BCUT2D eigenvalue weighted by Gasteiger charge is -2.11. The Hall–Kier alpha value is -7.08. The maximum absolute atomic E-state index is 10.4. The topological polar surface area (TPSA) is 62.4 Å². The molecule has 0 aliphatic carbocycles. The lowest BCUT2D eigenvalue weighted by molar-refractivity contribution is 1.17. The van der Waals surface area contributed by atoms with Gasteiger partial charge in [0.1, 0.15) is 6.07 Å². The summed E-state index contributed by atoms with van der Waals surface area (Å²) in [5.74, 6) is 0. The standard InChI is InChI=1S/C44H25N5/c45-26-28-11-9-17-32(25-28)48-39-24-22-34-33-21-23-38-40(35-18-7-8-20-37(35)47(38)30-13-3-1-4-14-30)43(33)49(31-15-5-2-6-16-31)44(34)41(39)36-19-10-12-29(27-46)42(36)48/h1-25H. The lowest BCUT2D eigenvalue weighted by Crippen LogP contribution is -1.97. The zero-order chi connectivity index (χ0) is 32.6. The predicted octanol–water partition coefficient (Wildman–Crippen LogP) is 10.7. The molecule has 0 N–H and O–H groups in total. The van der Waals surface area contributed by atoms with E-state index in [-0.39, 0.29) is 0 Å². The van der Waals surface area contributed by atoms with Crippen molar-refractivity contribution in [2.45, 2.75) is 0 Å². The summed E-state index contributed by atoms with van der Waals surface area (Å²) in [5, 5.41) is 26.9. The van der Waals surface area contributed by atoms with E-state index in [2.05, 4.69) is 141 Å². The lowest BCUT2D eigenvalue weighted by atomic mass is 10.1. The van der Waals surface area contributed by atoms with Crippen LogP contribution in [0.25, 0.3) is 82.5 Å². The van der Waals surface area contributed by atoms with Gasteiger partial charge in [-0.1, -0.05) is 84.9 Å². The number of hydrogen-bond acceptors (Lipinski definition) is 2. The molecule has 10 aromatic rings. The van der Waals surface area contributed by atoms with E-state index in [1.807, 2.05) is 36.4 Å². The van der Waals surface area contributed by atoms with Gasteiger partial charge in [0, 0.05) is 49.4 Å². The summed E-state index contributed by atoms with van der Waals surface area (Å²) < 4.78 is 6.93. The Morgan fingerprint density at radius 2 is 0.939 bits per heavy atom. The van der Waals surface area contributed by atoms with E-state index in [4.69, 9.17) is 0 Å². The molecule has 0 bridgehead atoms. The van der Waals surface area contributed by atoms with Crippen LogP contribution in [-0.2, 0) is 0 Å². The van der Waals surface area contributed by atoms with E-state index >= 15 is 0 Å². The van der Waals surface area contributed by atoms with Crippen molar-refractivity contribution in [1.29, 1.82) is 10.5 Å². The van der Waals surface area contributed by atoms with E-state index in [0.29, 0.717) is 11.1 Å². The molecule has 3 aromatic heterocycles. The minimum Gasteiger partial charge on any atom is -0.309 e. The molecule has 7 aromatic carbocycles. The van der Waals surface area contributed by atoms with Crippen molar-refractivity contribution in [2.75, 3.05) is 0 Å². The summed E-state index contributed by atoms with van der Waals surface area (Å²) in [6.45, 7) is 0. The van der Waals surface area contributed by atoms with Crippen LogP contribution < -0.4 is 0 Å². The highest BCUT2D eigenvalue weighted by Crippen LogP contribution is 2.46. The van der Waals surface area contributed by atoms with Crippen LogP contribution >= 0.6 is 0 Å². The Balaban J connectivity index is 1.48. The molecular formula is C44H25N5. The van der Waals surface area contributed by atoms with Crippen molar-refractivity contribution >= 4 is 65.4 Å². The first-order valence-corrected chi connectivity index (χ1v) is 16.2. The van der Waals surface area contributed by atoms with Crippen molar-refractivity contribution in [3.63, 3.8) is 0 Å². The van der Waals surface area contributed by atoms with Crippen molar-refractivity contribution in [3.05, 3.63) is 163 Å². The van der Waals surface area contributed by atoms with Gasteiger partial charge < -0.3 is 13.7 Å². The first-order chi connectivity index (χ1) is 24.3. The molecule has 0 aliphatic rings. The highest BCUT2D eigenvalue weighted by atomic mass is 15.0. The second-order valence-electron chi connectivity index (χ2n) is 12.4. The zero-order valence-corrected chi connectivity index (χ0v) is 26.2. The molecule has 0 atom stereocenters. The number of aromatic nitrogens is 3. The highest BCUT2D eigenvalue weighted by molar-refractivity contribution is 6.31. The van der Waals surface area contributed by atoms with E-state index in [0.717, 1.165) is 71.7 Å². The fourth-order valence-corrected chi connectivity index (χ4v) is 7.96. The Kier molecular flexibility index (Phi) is 5.64. The average molecular weight is 624 g/mol. The van der Waals surface area contributed by atoms with E-state index in [1.165, 1.54) is 10.8 Å². The van der Waals surface area contributed by atoms with Crippen LogP contribution in [0.2, 0.25) is 0 Å². The smallest absolute Gasteiger partial charge is 0.101 e. The molecule has 0 radical (unpaired) electrons. The van der Waals surface area contributed by atoms with Crippen molar-refractivity contribution in [1.82, 2.24) is 13.7 Å². The molecule has 0 amide bonds. The molecular weight excluding hydrogens is 599 g/mol. The molecule has 5 heteroatoms. The Bertz CT molecular complexity index is 3050. The third kappa shape index (κ3) is 3.67. The summed E-state index contributed by atoms with van der Waals surface area (Å²) in [5.41, 5.74) is 10.5. The highest BCUT2D eigenvalue weighted by Gasteiger charge is 2.25. The minimum absolute atomic E-state index is 0.568. The SMILES string of the molecule is N#Cc1cccc(-n2c3ccc4c5ccc6c(c7ccccc7n6-c6ccccc6)c5n(-c5ccccc5)c4c3c3cccc(C#N)c32)c1. The maximum Gasteiger partial charge on any atom is 0.101 e. The molecule has 10 rings (SSSR count). The van der Waals surface area contributed by atoms with Crippen molar-refractivity contribution < 1.29 is 0 Å². The van der Waals surface area contributed by atoms with Gasteiger partial charge in [-0.2, -0.15) is 10.5 Å². The number of nitriles is 2.